The highest BCUT2D eigenvalue weighted by atomic mass is 32.2. The molecule has 3 aliphatic rings. The van der Waals surface area contributed by atoms with E-state index in [1.54, 1.807) is 24.3 Å². The van der Waals surface area contributed by atoms with Crippen LogP contribution < -0.4 is 14.8 Å². The predicted octanol–water partition coefficient (Wildman–Crippen LogP) is 1.55. The number of barbiturate groups is 1. The molecule has 0 saturated carbocycles. The first-order valence-electron chi connectivity index (χ1n) is 11.7. The molecule has 11 heteroatoms. The molecule has 3 aliphatic heterocycles. The summed E-state index contributed by atoms with van der Waals surface area (Å²) in [5.74, 6) is -3.51. The van der Waals surface area contributed by atoms with E-state index in [-0.39, 0.29) is 13.0 Å². The molecule has 35 heavy (non-hydrogen) atoms. The Bertz CT molecular complexity index is 1020. The summed E-state index contributed by atoms with van der Waals surface area (Å²) < 4.78 is 26.8. The molecule has 0 radical (unpaired) electrons. The number of amides is 4. The van der Waals surface area contributed by atoms with Crippen LogP contribution in [0.15, 0.2) is 24.3 Å². The third-order valence-electron chi connectivity index (χ3n) is 6.58. The van der Waals surface area contributed by atoms with E-state index >= 15 is 0 Å². The second kappa shape index (κ2) is 9.88. The van der Waals surface area contributed by atoms with Gasteiger partial charge in [-0.3, -0.25) is 24.6 Å². The number of ether oxygens (including phenoxy) is 2. The van der Waals surface area contributed by atoms with Gasteiger partial charge in [-0.2, -0.15) is 0 Å². The van der Waals surface area contributed by atoms with E-state index in [0.29, 0.717) is 43.8 Å². The first-order valence-corrected chi connectivity index (χ1v) is 12.9. The number of imide groups is 2. The minimum Gasteiger partial charge on any atom is -0.598 e. The van der Waals surface area contributed by atoms with Crippen molar-refractivity contribution in [1.29, 1.82) is 0 Å². The SMILES string of the molecule is CC(C)(C)[S@+]([O-])N[C@@]1(CC(=O)[C@H]2C(=O)NC(=O)N(C3CCOCC3)C2=O)CCOc2ccccc21. The van der Waals surface area contributed by atoms with Gasteiger partial charge in [0.1, 0.15) is 16.0 Å². The summed E-state index contributed by atoms with van der Waals surface area (Å²) in [4.78, 5) is 53.2. The van der Waals surface area contributed by atoms with E-state index < -0.39 is 57.2 Å². The number of urea groups is 1. The number of ketones is 1. The van der Waals surface area contributed by atoms with E-state index in [4.69, 9.17) is 9.47 Å². The third kappa shape index (κ3) is 5.09. The van der Waals surface area contributed by atoms with E-state index in [1.165, 1.54) is 0 Å². The maximum atomic E-state index is 13.6. The van der Waals surface area contributed by atoms with Crippen molar-refractivity contribution >= 4 is 35.0 Å². The number of rotatable bonds is 6. The van der Waals surface area contributed by atoms with Crippen molar-refractivity contribution < 1.29 is 33.2 Å². The van der Waals surface area contributed by atoms with Crippen molar-refractivity contribution in [3.05, 3.63) is 29.8 Å². The molecule has 190 valence electrons. The molecule has 0 unspecified atom stereocenters. The monoisotopic (exact) mass is 505 g/mol. The van der Waals surface area contributed by atoms with Crippen LogP contribution >= 0.6 is 0 Å². The van der Waals surface area contributed by atoms with Gasteiger partial charge < -0.3 is 14.0 Å². The third-order valence-corrected chi connectivity index (χ3v) is 8.27. The molecule has 3 heterocycles. The molecule has 4 rings (SSSR count). The fraction of sp³-hybridized carbons (Fsp3) is 0.583. The van der Waals surface area contributed by atoms with Crippen LogP contribution in [-0.2, 0) is 36.0 Å². The molecule has 0 bridgehead atoms. The summed E-state index contributed by atoms with van der Waals surface area (Å²) in [6.45, 7) is 6.47. The number of nitrogens with zero attached hydrogens (tertiary/aromatic N) is 1. The standard InChI is InChI=1S/C24H31N3O7S/c1-23(2,3)35(32)26-24(10-13-34-18-7-5-4-6-16(18)24)14-17(28)19-20(29)25-22(31)27(21(19)30)15-8-11-33-12-9-15/h4-7,15,19,26H,8-14H2,1-3H3,(H,25,29,31)/t19-,24+,35-/m0/s1. The zero-order valence-electron chi connectivity index (χ0n) is 20.1. The largest absolute Gasteiger partial charge is 0.598 e. The molecule has 1 aromatic rings. The Kier molecular flexibility index (Phi) is 7.23. The lowest BCUT2D eigenvalue weighted by molar-refractivity contribution is -0.150. The Morgan fingerprint density at radius 1 is 1.20 bits per heavy atom. The molecule has 0 spiro atoms. The minimum atomic E-state index is -1.66. The quantitative estimate of drug-likeness (QED) is 0.439. The summed E-state index contributed by atoms with van der Waals surface area (Å²) in [5.41, 5.74) is -0.478. The summed E-state index contributed by atoms with van der Waals surface area (Å²) in [6, 6.07) is 5.89. The molecule has 10 nitrogen and oxygen atoms in total. The summed E-state index contributed by atoms with van der Waals surface area (Å²) in [6.07, 6.45) is 0.918. The van der Waals surface area contributed by atoms with Crippen molar-refractivity contribution in [2.75, 3.05) is 19.8 Å². The second-order valence-corrected chi connectivity index (χ2v) is 12.0. The second-order valence-electron chi connectivity index (χ2n) is 10.1. The lowest BCUT2D eigenvalue weighted by Crippen LogP contribution is -2.64. The van der Waals surface area contributed by atoms with Crippen LogP contribution in [0.4, 0.5) is 4.79 Å². The molecule has 2 N–H and O–H groups in total. The maximum Gasteiger partial charge on any atom is 0.331 e. The molecule has 0 aromatic heterocycles. The molecular weight excluding hydrogens is 474 g/mol. The zero-order valence-corrected chi connectivity index (χ0v) is 20.9. The minimum absolute atomic E-state index is 0.260. The number of nitrogens with one attached hydrogen (secondary N) is 2. The smallest absolute Gasteiger partial charge is 0.331 e. The number of fused-ring (bicyclic) bond motifs is 1. The topological polar surface area (TPSA) is 137 Å². The van der Waals surface area contributed by atoms with Crippen LogP contribution in [0.2, 0.25) is 0 Å². The normalized spacial score (nSPS) is 26.6. The van der Waals surface area contributed by atoms with Crippen molar-refractivity contribution in [1.82, 2.24) is 14.9 Å². The van der Waals surface area contributed by atoms with Gasteiger partial charge >= 0.3 is 6.03 Å². The first-order chi connectivity index (χ1) is 16.5. The Labute approximate surface area is 207 Å². The molecule has 0 aliphatic carbocycles. The van der Waals surface area contributed by atoms with Gasteiger partial charge in [0.25, 0.3) is 5.91 Å². The number of hydrogen-bond donors (Lipinski definition) is 2. The number of Topliss-reactive ketones (excluding diaryl/α,β-unsaturated/α-hetero) is 1. The highest BCUT2D eigenvalue weighted by Gasteiger charge is 2.52. The summed E-state index contributed by atoms with van der Waals surface area (Å²) >= 11 is -1.56. The molecule has 2 saturated heterocycles. The number of hydrogen-bond acceptors (Lipinski definition) is 8. The average molecular weight is 506 g/mol. The molecule has 2 fully saturated rings. The van der Waals surface area contributed by atoms with E-state index in [9.17, 15) is 23.7 Å². The number of para-hydroxylation sites is 1. The molecule has 4 amide bonds. The van der Waals surface area contributed by atoms with Crippen LogP contribution in [0.5, 0.6) is 5.75 Å². The highest BCUT2D eigenvalue weighted by molar-refractivity contribution is 7.90. The predicted molar refractivity (Wildman–Crippen MR) is 127 cm³/mol. The van der Waals surface area contributed by atoms with Gasteiger partial charge in [0.2, 0.25) is 5.91 Å². The summed E-state index contributed by atoms with van der Waals surface area (Å²) in [7, 11) is 0. The van der Waals surface area contributed by atoms with Gasteiger partial charge in [-0.25, -0.2) is 4.79 Å². The lowest BCUT2D eigenvalue weighted by atomic mass is 9.78. The number of carbonyl (C=O) groups is 4. The van der Waals surface area contributed by atoms with Gasteiger partial charge in [0.15, 0.2) is 11.7 Å². The van der Waals surface area contributed by atoms with Crippen LogP contribution in [0, 0.1) is 5.92 Å². The van der Waals surface area contributed by atoms with E-state index in [0.717, 1.165) is 4.90 Å². The van der Waals surface area contributed by atoms with Crippen LogP contribution in [0.25, 0.3) is 0 Å². The number of benzene rings is 1. The van der Waals surface area contributed by atoms with Gasteiger partial charge in [0.05, 0.1) is 6.61 Å². The Balaban J connectivity index is 1.65. The fourth-order valence-electron chi connectivity index (χ4n) is 4.68. The highest BCUT2D eigenvalue weighted by Crippen LogP contribution is 2.41. The van der Waals surface area contributed by atoms with Crippen LogP contribution in [0.1, 0.15) is 52.0 Å². The van der Waals surface area contributed by atoms with Gasteiger partial charge in [-0.1, -0.05) is 18.2 Å². The van der Waals surface area contributed by atoms with Gasteiger partial charge in [0, 0.05) is 49.0 Å². The molecular formula is C24H31N3O7S. The van der Waals surface area contributed by atoms with Crippen molar-refractivity contribution in [2.45, 2.75) is 62.8 Å². The van der Waals surface area contributed by atoms with Crippen molar-refractivity contribution in [3.8, 4) is 5.75 Å². The number of carbonyl (C=O) groups excluding carboxylic acids is 4. The van der Waals surface area contributed by atoms with E-state index in [2.05, 4.69) is 10.0 Å². The van der Waals surface area contributed by atoms with E-state index in [1.807, 2.05) is 20.8 Å². The maximum absolute atomic E-state index is 13.6. The van der Waals surface area contributed by atoms with Crippen LogP contribution in [0.3, 0.4) is 0 Å². The van der Waals surface area contributed by atoms with Gasteiger partial charge in [-0.15, -0.1) is 4.72 Å². The lowest BCUT2D eigenvalue weighted by Gasteiger charge is -2.42. The molecule has 3 atom stereocenters. The first kappa shape index (κ1) is 25.6. The van der Waals surface area contributed by atoms with Crippen molar-refractivity contribution in [2.24, 2.45) is 5.92 Å². The molecule has 1 aromatic carbocycles. The zero-order chi connectivity index (χ0) is 25.4. The van der Waals surface area contributed by atoms with Crippen molar-refractivity contribution in [3.63, 3.8) is 0 Å². The average Bonchev–Trinajstić information content (AvgIpc) is 2.79. The Hall–Kier alpha value is -2.47. The Morgan fingerprint density at radius 2 is 1.89 bits per heavy atom. The summed E-state index contributed by atoms with van der Waals surface area (Å²) in [5, 5.41) is 2.18. The fourth-order valence-corrected chi connectivity index (χ4v) is 5.62. The van der Waals surface area contributed by atoms with Crippen LogP contribution in [-0.4, -0.2) is 63.7 Å². The Morgan fingerprint density at radius 3 is 2.57 bits per heavy atom. The van der Waals surface area contributed by atoms with Gasteiger partial charge in [-0.05, 0) is 39.7 Å².